The molecule has 1 aromatic heterocycles. The molecule has 1 aromatic carbocycles. The number of carbonyl (C=O) groups excluding carboxylic acids is 1. The van der Waals surface area contributed by atoms with E-state index in [4.69, 9.17) is 11.5 Å². The van der Waals surface area contributed by atoms with Crippen molar-refractivity contribution >= 4 is 11.8 Å². The van der Waals surface area contributed by atoms with E-state index in [-0.39, 0.29) is 11.8 Å². The van der Waals surface area contributed by atoms with E-state index in [1.807, 2.05) is 24.3 Å². The van der Waals surface area contributed by atoms with Gasteiger partial charge in [0.25, 0.3) is 0 Å². The first kappa shape index (κ1) is 21.5. The fourth-order valence-electron chi connectivity index (χ4n) is 4.20. The van der Waals surface area contributed by atoms with Gasteiger partial charge in [0.05, 0.1) is 5.69 Å². The monoisotopic (exact) mass is 425 g/mol. The molecule has 2 fully saturated rings. The zero-order valence-corrected chi connectivity index (χ0v) is 17.7. The Bertz CT molecular complexity index is 951. The number of nitrogens with two attached hydrogens (primary N) is 2. The zero-order chi connectivity index (χ0) is 21.8. The second-order valence-electron chi connectivity index (χ2n) is 8.51. The molecule has 4 rings (SSSR count). The Balaban J connectivity index is 1.37. The summed E-state index contributed by atoms with van der Waals surface area (Å²) in [6.07, 6.45) is 4.61. The number of hydrogen-bond donors (Lipinski definition) is 3. The maximum Gasteiger partial charge on any atom is 0.354 e. The first-order chi connectivity index (χ1) is 15.0. The van der Waals surface area contributed by atoms with Crippen molar-refractivity contribution in [3.8, 4) is 5.69 Å². The molecule has 2 aliphatic rings. The number of benzene rings is 1. The number of rotatable bonds is 5. The van der Waals surface area contributed by atoms with Gasteiger partial charge in [0.15, 0.2) is 0 Å². The number of urea groups is 1. The van der Waals surface area contributed by atoms with E-state index >= 15 is 0 Å². The van der Waals surface area contributed by atoms with Gasteiger partial charge >= 0.3 is 11.7 Å². The SMILES string of the molecule is NC[C@@H]1CCN(C(=O)Nc2ccn(-c3ccc(CN4CCC(N)CC4)cc3)c(=O)n2)C1. The lowest BCUT2D eigenvalue weighted by atomic mass is 10.1. The van der Waals surface area contributed by atoms with E-state index in [1.165, 1.54) is 10.1 Å². The maximum absolute atomic E-state index is 12.5. The third-order valence-corrected chi connectivity index (χ3v) is 6.20. The van der Waals surface area contributed by atoms with Crippen LogP contribution in [-0.4, -0.2) is 64.1 Å². The van der Waals surface area contributed by atoms with E-state index in [9.17, 15) is 9.59 Å². The van der Waals surface area contributed by atoms with Crippen LogP contribution >= 0.6 is 0 Å². The van der Waals surface area contributed by atoms with Gasteiger partial charge in [-0.3, -0.25) is 14.8 Å². The zero-order valence-electron chi connectivity index (χ0n) is 17.7. The molecule has 2 aromatic rings. The lowest BCUT2D eigenvalue weighted by molar-refractivity contribution is 0.205. The van der Waals surface area contributed by atoms with Crippen molar-refractivity contribution in [2.24, 2.45) is 17.4 Å². The third-order valence-electron chi connectivity index (χ3n) is 6.20. The Morgan fingerprint density at radius 2 is 1.84 bits per heavy atom. The van der Waals surface area contributed by atoms with Crippen molar-refractivity contribution < 1.29 is 4.79 Å². The fraction of sp³-hybridized carbons (Fsp3) is 0.500. The molecule has 0 spiro atoms. The maximum atomic E-state index is 12.5. The van der Waals surface area contributed by atoms with Crippen molar-refractivity contribution in [1.82, 2.24) is 19.4 Å². The average molecular weight is 426 g/mol. The second-order valence-corrected chi connectivity index (χ2v) is 8.51. The number of nitrogens with zero attached hydrogens (tertiary/aromatic N) is 4. The Morgan fingerprint density at radius 1 is 1.10 bits per heavy atom. The molecule has 2 amide bonds. The van der Waals surface area contributed by atoms with E-state index in [1.54, 1.807) is 17.2 Å². The molecule has 0 bridgehead atoms. The molecule has 31 heavy (non-hydrogen) atoms. The van der Waals surface area contributed by atoms with Gasteiger partial charge in [0.1, 0.15) is 5.82 Å². The summed E-state index contributed by atoms with van der Waals surface area (Å²) in [6.45, 7) is 4.79. The smallest absolute Gasteiger partial charge is 0.330 e. The second kappa shape index (κ2) is 9.59. The molecule has 0 unspecified atom stereocenters. The van der Waals surface area contributed by atoms with Gasteiger partial charge in [-0.1, -0.05) is 12.1 Å². The molecule has 0 saturated carbocycles. The lowest BCUT2D eigenvalue weighted by Crippen LogP contribution is -2.39. The molecule has 9 heteroatoms. The summed E-state index contributed by atoms with van der Waals surface area (Å²) in [5.74, 6) is 0.588. The molecule has 1 atom stereocenters. The van der Waals surface area contributed by atoms with Crippen LogP contribution in [0.1, 0.15) is 24.8 Å². The molecule has 9 nitrogen and oxygen atoms in total. The van der Waals surface area contributed by atoms with Gasteiger partial charge in [-0.15, -0.1) is 0 Å². The van der Waals surface area contributed by atoms with Gasteiger partial charge in [0, 0.05) is 31.9 Å². The molecule has 2 aliphatic heterocycles. The Morgan fingerprint density at radius 3 is 2.48 bits per heavy atom. The van der Waals surface area contributed by atoms with Gasteiger partial charge < -0.3 is 16.4 Å². The molecular weight excluding hydrogens is 394 g/mol. The third kappa shape index (κ3) is 5.30. The highest BCUT2D eigenvalue weighted by Crippen LogP contribution is 2.17. The number of nitrogens with one attached hydrogen (secondary N) is 1. The quantitative estimate of drug-likeness (QED) is 0.656. The normalized spacial score (nSPS) is 20.2. The number of likely N-dealkylation sites (tertiary alicyclic amines) is 2. The van der Waals surface area contributed by atoms with Crippen molar-refractivity contribution in [2.45, 2.75) is 31.8 Å². The predicted octanol–water partition coefficient (Wildman–Crippen LogP) is 0.968. The van der Waals surface area contributed by atoms with Crippen LogP contribution in [0.4, 0.5) is 10.6 Å². The molecule has 0 aliphatic carbocycles. The van der Waals surface area contributed by atoms with Crippen LogP contribution < -0.4 is 22.5 Å². The number of amides is 2. The molecule has 166 valence electrons. The van der Waals surface area contributed by atoms with E-state index in [0.29, 0.717) is 31.6 Å². The van der Waals surface area contributed by atoms with Gasteiger partial charge in [0.2, 0.25) is 0 Å². The van der Waals surface area contributed by atoms with Crippen LogP contribution in [0.15, 0.2) is 41.3 Å². The van der Waals surface area contributed by atoms with Crippen LogP contribution in [0.25, 0.3) is 5.69 Å². The minimum atomic E-state index is -0.433. The number of piperidine rings is 1. The Hall–Kier alpha value is -2.75. The number of hydrogen-bond acceptors (Lipinski definition) is 6. The first-order valence-electron chi connectivity index (χ1n) is 10.9. The van der Waals surface area contributed by atoms with Crippen LogP contribution in [0.2, 0.25) is 0 Å². The molecule has 0 radical (unpaired) electrons. The summed E-state index contributed by atoms with van der Waals surface area (Å²) >= 11 is 0. The fourth-order valence-corrected chi connectivity index (χ4v) is 4.20. The highest BCUT2D eigenvalue weighted by molar-refractivity contribution is 5.88. The lowest BCUT2D eigenvalue weighted by Gasteiger charge is -2.30. The highest BCUT2D eigenvalue weighted by atomic mass is 16.2. The summed E-state index contributed by atoms with van der Waals surface area (Å²) in [5, 5.41) is 2.71. The van der Waals surface area contributed by atoms with Crippen molar-refractivity contribution in [1.29, 1.82) is 0 Å². The van der Waals surface area contributed by atoms with Gasteiger partial charge in [-0.05, 0) is 68.6 Å². The van der Waals surface area contributed by atoms with Crippen LogP contribution in [0.5, 0.6) is 0 Å². The Labute approximate surface area is 182 Å². The number of carbonyl (C=O) groups is 1. The predicted molar refractivity (Wildman–Crippen MR) is 120 cm³/mol. The van der Waals surface area contributed by atoms with E-state index < -0.39 is 5.69 Å². The van der Waals surface area contributed by atoms with Crippen LogP contribution in [-0.2, 0) is 6.54 Å². The minimum Gasteiger partial charge on any atom is -0.330 e. The highest BCUT2D eigenvalue weighted by Gasteiger charge is 2.25. The molecule has 3 heterocycles. The van der Waals surface area contributed by atoms with E-state index in [2.05, 4.69) is 15.2 Å². The number of anilines is 1. The van der Waals surface area contributed by atoms with Crippen molar-refractivity contribution in [3.05, 3.63) is 52.6 Å². The topological polar surface area (TPSA) is 123 Å². The minimum absolute atomic E-state index is 0.247. The summed E-state index contributed by atoms with van der Waals surface area (Å²) in [6, 6.07) is 9.63. The Kier molecular flexibility index (Phi) is 6.64. The summed E-state index contributed by atoms with van der Waals surface area (Å²) in [4.78, 5) is 33.0. The number of aromatic nitrogens is 2. The van der Waals surface area contributed by atoms with E-state index in [0.717, 1.165) is 44.6 Å². The van der Waals surface area contributed by atoms with Crippen molar-refractivity contribution in [2.75, 3.05) is 38.0 Å². The first-order valence-corrected chi connectivity index (χ1v) is 10.9. The molecule has 2 saturated heterocycles. The molecular formula is C22H31N7O2. The molecule has 5 N–H and O–H groups in total. The van der Waals surface area contributed by atoms with Crippen LogP contribution in [0.3, 0.4) is 0 Å². The summed E-state index contributed by atoms with van der Waals surface area (Å²) in [5.41, 5.74) is 13.2. The summed E-state index contributed by atoms with van der Waals surface area (Å²) in [7, 11) is 0. The van der Waals surface area contributed by atoms with Crippen molar-refractivity contribution in [3.63, 3.8) is 0 Å². The summed E-state index contributed by atoms with van der Waals surface area (Å²) < 4.78 is 1.47. The average Bonchev–Trinajstić information content (AvgIpc) is 3.26. The standard InChI is InChI=1S/C22H31N7O2/c23-13-17-5-11-28(15-17)21(30)25-20-8-12-29(22(31)26-20)19-3-1-16(2-4-19)14-27-9-6-18(24)7-10-27/h1-4,8,12,17-18H,5-7,9-11,13-15,23-24H2,(H,25,26,30,31)/t17-/m0/s1. The van der Waals surface area contributed by atoms with Gasteiger partial charge in [-0.2, -0.15) is 4.98 Å². The van der Waals surface area contributed by atoms with Gasteiger partial charge in [-0.25, -0.2) is 9.59 Å². The largest absolute Gasteiger partial charge is 0.354 e. The van der Waals surface area contributed by atoms with Crippen LogP contribution in [0, 0.1) is 5.92 Å².